The largest absolute Gasteiger partial charge is 0.508 e. The van der Waals surface area contributed by atoms with Gasteiger partial charge in [0.25, 0.3) is 0 Å². The molecular formula is C38H26O10. The molecule has 0 radical (unpaired) electrons. The Labute approximate surface area is 271 Å². The molecule has 2 atom stereocenters. The van der Waals surface area contributed by atoms with Crippen LogP contribution in [0.15, 0.2) is 60.7 Å². The summed E-state index contributed by atoms with van der Waals surface area (Å²) in [7, 11) is 0. The third-order valence-electron chi connectivity index (χ3n) is 9.70. The molecule has 8 rings (SSSR count). The molecule has 0 aliphatic heterocycles. The molecule has 6 aromatic carbocycles. The Morgan fingerprint density at radius 1 is 0.417 bits per heavy atom. The number of fused-ring (bicyclic) bond motifs is 6. The van der Waals surface area contributed by atoms with Crippen LogP contribution in [0.1, 0.15) is 77.1 Å². The first-order valence-electron chi connectivity index (χ1n) is 15.0. The molecule has 8 N–H and O–H groups in total. The Hall–Kier alpha value is -6.42. The topological polar surface area (TPSA) is 196 Å². The summed E-state index contributed by atoms with van der Waals surface area (Å²) in [5, 5.41) is 89.4. The van der Waals surface area contributed by atoms with Gasteiger partial charge in [0.15, 0.2) is 0 Å². The quantitative estimate of drug-likeness (QED) is 0.101. The second kappa shape index (κ2) is 9.55. The van der Waals surface area contributed by atoms with Gasteiger partial charge in [-0.3, -0.25) is 9.59 Å². The molecule has 2 aliphatic rings. The molecule has 0 unspecified atom stereocenters. The lowest BCUT2D eigenvalue weighted by molar-refractivity contribution is 0.101. The van der Waals surface area contributed by atoms with Gasteiger partial charge < -0.3 is 40.9 Å². The van der Waals surface area contributed by atoms with Crippen molar-refractivity contribution in [1.82, 2.24) is 0 Å². The molecule has 10 heteroatoms. The molecule has 0 spiro atoms. The summed E-state index contributed by atoms with van der Waals surface area (Å²) in [4.78, 5) is 28.4. The highest BCUT2D eigenvalue weighted by atomic mass is 16.3. The Morgan fingerprint density at radius 3 is 1.12 bits per heavy atom. The summed E-state index contributed by atoms with van der Waals surface area (Å²) < 4.78 is 0. The number of phenols is 8. The average Bonchev–Trinajstić information content (AvgIpc) is 2.96. The summed E-state index contributed by atoms with van der Waals surface area (Å²) in [5.41, 5.74) is 0.745. The van der Waals surface area contributed by atoms with Crippen LogP contribution in [0.25, 0.3) is 21.5 Å². The summed E-state index contributed by atoms with van der Waals surface area (Å²) >= 11 is 0. The second-order valence-corrected chi connectivity index (χ2v) is 12.6. The number of carbonyl (C=O) groups excluding carboxylic acids is 2. The number of ketones is 2. The zero-order chi connectivity index (χ0) is 34.1. The minimum Gasteiger partial charge on any atom is -0.508 e. The third kappa shape index (κ3) is 3.74. The van der Waals surface area contributed by atoms with Crippen LogP contribution in [-0.2, 0) is 0 Å². The van der Waals surface area contributed by atoms with Gasteiger partial charge in [-0.15, -0.1) is 0 Å². The lowest BCUT2D eigenvalue weighted by Crippen LogP contribution is -2.29. The van der Waals surface area contributed by atoms with Crippen molar-refractivity contribution >= 4 is 33.1 Å². The number of hydrogen-bond donors (Lipinski definition) is 8. The summed E-state index contributed by atoms with van der Waals surface area (Å²) in [6, 6.07) is 13.4. The number of rotatable bonds is 1. The number of carbonyl (C=O) groups is 2. The highest BCUT2D eigenvalue weighted by molar-refractivity contribution is 6.21. The van der Waals surface area contributed by atoms with Crippen LogP contribution in [-0.4, -0.2) is 52.4 Å². The number of hydrogen-bond acceptors (Lipinski definition) is 10. The van der Waals surface area contributed by atoms with Crippen LogP contribution in [0.5, 0.6) is 46.0 Å². The maximum atomic E-state index is 14.2. The van der Waals surface area contributed by atoms with Gasteiger partial charge in [0, 0.05) is 34.7 Å². The first-order valence-corrected chi connectivity index (χ1v) is 15.0. The number of aryl methyl sites for hydroxylation is 2. The van der Waals surface area contributed by atoms with Crippen LogP contribution in [0.4, 0.5) is 0 Å². The van der Waals surface area contributed by atoms with E-state index in [-0.39, 0.29) is 78.3 Å². The first-order chi connectivity index (χ1) is 22.8. The smallest absolute Gasteiger partial charge is 0.201 e. The van der Waals surface area contributed by atoms with Gasteiger partial charge in [-0.2, -0.15) is 0 Å². The van der Waals surface area contributed by atoms with E-state index in [1.165, 1.54) is 36.4 Å². The van der Waals surface area contributed by atoms with Gasteiger partial charge >= 0.3 is 0 Å². The van der Waals surface area contributed by atoms with Crippen molar-refractivity contribution in [2.75, 3.05) is 0 Å². The van der Waals surface area contributed by atoms with Crippen molar-refractivity contribution in [3.63, 3.8) is 0 Å². The van der Waals surface area contributed by atoms with Gasteiger partial charge in [-0.05, 0) is 107 Å². The van der Waals surface area contributed by atoms with Crippen molar-refractivity contribution < 1.29 is 50.4 Å². The monoisotopic (exact) mass is 642 g/mol. The minimum absolute atomic E-state index is 0.103. The van der Waals surface area contributed by atoms with E-state index in [4.69, 9.17) is 0 Å². The van der Waals surface area contributed by atoms with E-state index in [9.17, 15) is 50.4 Å². The van der Waals surface area contributed by atoms with E-state index >= 15 is 0 Å². The summed E-state index contributed by atoms with van der Waals surface area (Å²) in [5.74, 6) is -6.68. The molecule has 48 heavy (non-hydrogen) atoms. The molecule has 0 saturated carbocycles. The standard InChI is InChI=1S/C38H26O10/c1-13-3-17(39)5-15-7-21-29(23-9-19(41)11-25(43)31(23)37(47)33(21)35(45)27(13)15)30-22-8-16-6-18(40)4-14(2)28(16)36(46)34(22)38(48)32-24(30)10-20(42)12-26(32)44/h3-12,29-30,39-46H,1-2H3/t29-,30+. The second-order valence-electron chi connectivity index (χ2n) is 12.6. The third-order valence-corrected chi connectivity index (χ3v) is 9.70. The van der Waals surface area contributed by atoms with E-state index in [1.54, 1.807) is 26.0 Å². The first kappa shape index (κ1) is 29.0. The molecule has 0 fully saturated rings. The van der Waals surface area contributed by atoms with Crippen LogP contribution >= 0.6 is 0 Å². The van der Waals surface area contributed by atoms with Crippen LogP contribution in [0.3, 0.4) is 0 Å². The fourth-order valence-corrected chi connectivity index (χ4v) is 7.99. The van der Waals surface area contributed by atoms with Crippen molar-refractivity contribution in [3.8, 4) is 46.0 Å². The Bertz CT molecular complexity index is 2340. The Kier molecular flexibility index (Phi) is 5.77. The average molecular weight is 643 g/mol. The molecule has 0 amide bonds. The highest BCUT2D eigenvalue weighted by Crippen LogP contribution is 2.58. The zero-order valence-corrected chi connectivity index (χ0v) is 25.3. The van der Waals surface area contributed by atoms with E-state index in [0.29, 0.717) is 21.9 Å². The summed E-state index contributed by atoms with van der Waals surface area (Å²) in [6.45, 7) is 3.30. The van der Waals surface area contributed by atoms with Crippen molar-refractivity contribution in [2.24, 2.45) is 0 Å². The van der Waals surface area contributed by atoms with Crippen LogP contribution in [0.2, 0.25) is 0 Å². The maximum Gasteiger partial charge on any atom is 0.201 e. The molecular weight excluding hydrogens is 616 g/mol. The van der Waals surface area contributed by atoms with Crippen molar-refractivity contribution in [2.45, 2.75) is 25.7 Å². The molecule has 10 nitrogen and oxygen atoms in total. The van der Waals surface area contributed by atoms with Crippen LogP contribution < -0.4 is 0 Å². The SMILES string of the molecule is Cc1cc(O)cc2cc3c(c(O)c12)C(=O)c1c(O)cc(O)cc1[C@H]3[C@H]1c2cc(O)cc(O)c2C(=O)c2c1cc1cc(O)cc(C)c1c2O. The molecule has 6 aromatic rings. The van der Waals surface area contributed by atoms with Crippen molar-refractivity contribution in [1.29, 1.82) is 0 Å². The lowest BCUT2D eigenvalue weighted by atomic mass is 9.63. The maximum absolute atomic E-state index is 14.2. The molecule has 238 valence electrons. The fraction of sp³-hybridized carbons (Fsp3) is 0.105. The van der Waals surface area contributed by atoms with Gasteiger partial charge in [0.1, 0.15) is 46.0 Å². The van der Waals surface area contributed by atoms with E-state index in [0.717, 1.165) is 12.1 Å². The number of benzene rings is 6. The number of aromatic hydroxyl groups is 8. The van der Waals surface area contributed by atoms with E-state index < -0.39 is 46.4 Å². The van der Waals surface area contributed by atoms with Gasteiger partial charge in [0.05, 0.1) is 22.3 Å². The Balaban J connectivity index is 1.58. The minimum atomic E-state index is -1.12. The highest BCUT2D eigenvalue weighted by Gasteiger charge is 2.46. The molecule has 2 aliphatic carbocycles. The van der Waals surface area contributed by atoms with Gasteiger partial charge in [0.2, 0.25) is 11.6 Å². The predicted molar refractivity (Wildman–Crippen MR) is 174 cm³/mol. The number of phenolic OH excluding ortho intramolecular Hbond substituents is 8. The molecule has 0 aromatic heterocycles. The Morgan fingerprint density at radius 2 is 0.750 bits per heavy atom. The normalized spacial score (nSPS) is 16.5. The fourth-order valence-electron chi connectivity index (χ4n) is 7.99. The summed E-state index contributed by atoms with van der Waals surface area (Å²) in [6.07, 6.45) is 0. The lowest BCUT2D eigenvalue weighted by Gasteiger charge is -2.39. The van der Waals surface area contributed by atoms with Crippen LogP contribution in [0, 0.1) is 13.8 Å². The van der Waals surface area contributed by atoms with Gasteiger partial charge in [-0.25, -0.2) is 0 Å². The zero-order valence-electron chi connectivity index (χ0n) is 25.3. The van der Waals surface area contributed by atoms with E-state index in [1.807, 2.05) is 0 Å². The molecule has 0 heterocycles. The van der Waals surface area contributed by atoms with Crippen molar-refractivity contribution in [3.05, 3.63) is 116 Å². The van der Waals surface area contributed by atoms with E-state index in [2.05, 4.69) is 0 Å². The molecule has 0 saturated heterocycles. The molecule has 0 bridgehead atoms. The predicted octanol–water partition coefficient (Wildman–Crippen LogP) is 6.31. The van der Waals surface area contributed by atoms with Gasteiger partial charge in [-0.1, -0.05) is 0 Å².